The van der Waals surface area contributed by atoms with Gasteiger partial charge < -0.3 is 4.74 Å². The predicted molar refractivity (Wildman–Crippen MR) is 252 cm³/mol. The molecule has 62 heavy (non-hydrogen) atoms. The number of nitrogens with zero attached hydrogens (tertiary/aromatic N) is 3. The van der Waals surface area contributed by atoms with E-state index in [2.05, 4.69) is 201 Å². The van der Waals surface area contributed by atoms with E-state index in [9.17, 15) is 0 Å². The first-order chi connectivity index (χ1) is 31.1. The molecule has 300 valence electrons. The van der Waals surface area contributed by atoms with Gasteiger partial charge in [-0.25, -0.2) is 0 Å². The molecular weight excluding hydrogens is 755 g/mol. The Labute approximate surface area is 368 Å². The number of para-hydroxylation sites is 2. The van der Waals surface area contributed by atoms with Gasteiger partial charge >= 0.3 is 11.7 Å². The molecule has 0 amide bonds. The van der Waals surface area contributed by atoms with Crippen LogP contribution in [0, 0.1) is 6.85 Å². The molecule has 3 aliphatic heterocycles. The summed E-state index contributed by atoms with van der Waals surface area (Å²) in [6.45, 7) is 11.6. The quantitative estimate of drug-likeness (QED) is 0.162. The molecule has 0 aliphatic carbocycles. The zero-order valence-electron chi connectivity index (χ0n) is 38.9. The number of pyridine rings is 1. The maximum Gasteiger partial charge on any atom is 0.499 e. The normalized spacial score (nSPS) is 16.5. The summed E-state index contributed by atoms with van der Waals surface area (Å²) >= 11 is 0. The number of hydrogen-bond acceptors (Lipinski definition) is 1. The minimum Gasteiger partial charge on any atom is -0.392 e. The van der Waals surface area contributed by atoms with E-state index < -0.39 is 12.7 Å². The molecule has 5 heterocycles. The number of ether oxygens (including phenoxy) is 1. The number of fused-ring (bicyclic) bond motifs is 5. The molecule has 1 unspecified atom stereocenters. The largest absolute Gasteiger partial charge is 0.499 e. The fourth-order valence-corrected chi connectivity index (χ4v) is 10.4. The second-order valence-corrected chi connectivity index (χ2v) is 19.2. The van der Waals surface area contributed by atoms with Crippen LogP contribution in [0.4, 0.5) is 0 Å². The van der Waals surface area contributed by atoms with Gasteiger partial charge in [0.1, 0.15) is 22.6 Å². The van der Waals surface area contributed by atoms with Gasteiger partial charge in [0.25, 0.3) is 0 Å². The summed E-state index contributed by atoms with van der Waals surface area (Å²) in [5.74, 6) is 0.717. The molecule has 0 saturated carbocycles. The smallest absolute Gasteiger partial charge is 0.392 e. The van der Waals surface area contributed by atoms with Gasteiger partial charge in [-0.05, 0) is 105 Å². The van der Waals surface area contributed by atoms with Crippen LogP contribution in [-0.2, 0) is 16.7 Å². The van der Waals surface area contributed by atoms with Gasteiger partial charge in [-0.15, -0.1) is 9.13 Å². The van der Waals surface area contributed by atoms with E-state index in [1.165, 1.54) is 22.3 Å². The maximum absolute atomic E-state index is 8.00. The second kappa shape index (κ2) is 12.7. The van der Waals surface area contributed by atoms with E-state index in [1.807, 2.05) is 12.1 Å². The zero-order chi connectivity index (χ0) is 44.8. The first kappa shape index (κ1) is 33.7. The summed E-state index contributed by atoms with van der Waals surface area (Å²) in [5, 5.41) is 0. The Kier molecular flexibility index (Phi) is 6.92. The van der Waals surface area contributed by atoms with E-state index in [0.717, 1.165) is 84.1 Å². The van der Waals surface area contributed by atoms with Crippen molar-refractivity contribution in [1.29, 1.82) is 0 Å². The summed E-state index contributed by atoms with van der Waals surface area (Å²) in [7, 11) is 0. The molecule has 7 aromatic carbocycles. The standard InChI is InChI=1S/C58H49N3O/c1-36-25-27-37(28-26-36)40-29-30-59-50(31-40)47-33-41(56(2,3)4)32-46-42-22-16-23-49-54(42)61-55(43-21-14-15-24-52(43)62-58(59,61)53(46)47)60(49)51-35-44(38-17-10-8-11-18-38)48(57(5,6)7)34-45(51)39-19-12-9-13-20-39/h8-35H,1-7H3/q+2/i1D3. The third-order valence-electron chi connectivity index (χ3n) is 13.3. The van der Waals surface area contributed by atoms with Gasteiger partial charge in [-0.1, -0.05) is 150 Å². The molecule has 4 nitrogen and oxygen atoms in total. The van der Waals surface area contributed by atoms with Crippen LogP contribution in [0.3, 0.4) is 0 Å². The topological polar surface area (TPSA) is 21.9 Å². The van der Waals surface area contributed by atoms with E-state index >= 15 is 0 Å². The Bertz CT molecular complexity index is 3450. The molecule has 4 heteroatoms. The maximum atomic E-state index is 8.00. The lowest BCUT2D eigenvalue weighted by atomic mass is 9.79. The van der Waals surface area contributed by atoms with Gasteiger partial charge in [0.2, 0.25) is 5.69 Å². The predicted octanol–water partition coefficient (Wildman–Crippen LogP) is 13.3. The van der Waals surface area contributed by atoms with Gasteiger partial charge in [0, 0.05) is 32.9 Å². The fraction of sp³-hybridized carbons (Fsp3) is 0.172. The molecule has 1 spiro atoms. The van der Waals surface area contributed by atoms with Crippen molar-refractivity contribution >= 4 is 11.0 Å². The molecular formula is C58H49N3O+2. The van der Waals surface area contributed by atoms with Crippen LogP contribution in [0.2, 0.25) is 0 Å². The molecule has 3 aliphatic rings. The first-order valence-corrected chi connectivity index (χ1v) is 21.7. The first-order valence-electron chi connectivity index (χ1n) is 23.2. The summed E-state index contributed by atoms with van der Waals surface area (Å²) in [6, 6.07) is 58.3. The van der Waals surface area contributed by atoms with Gasteiger partial charge in [0.15, 0.2) is 17.2 Å². The van der Waals surface area contributed by atoms with E-state index in [-0.39, 0.29) is 10.8 Å². The lowest BCUT2D eigenvalue weighted by Gasteiger charge is -2.33. The number of benzene rings is 7. The van der Waals surface area contributed by atoms with Crippen LogP contribution in [0.15, 0.2) is 170 Å². The van der Waals surface area contributed by atoms with Crippen LogP contribution >= 0.6 is 0 Å². The Morgan fingerprint density at radius 3 is 1.94 bits per heavy atom. The van der Waals surface area contributed by atoms with E-state index in [1.54, 1.807) is 12.1 Å². The van der Waals surface area contributed by atoms with Gasteiger partial charge in [0.05, 0.1) is 5.56 Å². The van der Waals surface area contributed by atoms with Crippen molar-refractivity contribution in [3.63, 3.8) is 0 Å². The SMILES string of the molecule is [2H]C([2H])([2H])c1ccc(-c2cc[n+]3c(c2)-c2cc(C(C)(C)C)cc4c2C32Oc3ccccc3-c3n(-c5cc(-c6ccccc6)c(C(C)(C)C)cc5-c5ccccc5)c5cccc-4c5[n+]32)cc1. The summed E-state index contributed by atoms with van der Waals surface area (Å²) in [6.07, 6.45) is 2.17. The molecule has 1 atom stereocenters. The average molecular weight is 807 g/mol. The van der Waals surface area contributed by atoms with Gasteiger partial charge in [-0.3, -0.25) is 0 Å². The van der Waals surface area contributed by atoms with E-state index in [4.69, 9.17) is 8.85 Å². The molecule has 12 rings (SSSR count). The Balaban J connectivity index is 1.23. The number of imidazole rings is 1. The minimum atomic E-state index is -2.17. The van der Waals surface area contributed by atoms with Crippen molar-refractivity contribution < 1.29 is 18.0 Å². The molecule has 0 N–H and O–H groups in total. The van der Waals surface area contributed by atoms with Crippen LogP contribution in [0.25, 0.3) is 83.9 Å². The molecule has 0 saturated heterocycles. The highest BCUT2D eigenvalue weighted by Gasteiger charge is 2.68. The van der Waals surface area contributed by atoms with Crippen molar-refractivity contribution in [2.75, 3.05) is 0 Å². The number of hydrogen-bond donors (Lipinski definition) is 0. The van der Waals surface area contributed by atoms with Crippen molar-refractivity contribution in [1.82, 2.24) is 4.57 Å². The minimum absolute atomic E-state index is 0.149. The van der Waals surface area contributed by atoms with Crippen molar-refractivity contribution in [3.8, 4) is 78.6 Å². The molecule has 0 bridgehead atoms. The third-order valence-corrected chi connectivity index (χ3v) is 13.3. The monoisotopic (exact) mass is 806 g/mol. The molecule has 2 aromatic heterocycles. The molecule has 9 aromatic rings. The van der Waals surface area contributed by atoms with Gasteiger partial charge in [-0.2, -0.15) is 4.57 Å². The van der Waals surface area contributed by atoms with E-state index in [0.29, 0.717) is 5.56 Å². The van der Waals surface area contributed by atoms with Crippen LogP contribution in [-0.4, -0.2) is 4.57 Å². The summed E-state index contributed by atoms with van der Waals surface area (Å²) < 4.78 is 39.0. The fourth-order valence-electron chi connectivity index (χ4n) is 10.4. The Hall–Kier alpha value is -7.04. The zero-order valence-corrected chi connectivity index (χ0v) is 35.9. The summed E-state index contributed by atoms with van der Waals surface area (Å²) in [4.78, 5) is 0. The molecule has 0 fully saturated rings. The Morgan fingerprint density at radius 1 is 0.548 bits per heavy atom. The van der Waals surface area contributed by atoms with Crippen molar-refractivity contribution in [2.45, 2.75) is 65.1 Å². The average Bonchev–Trinajstić information content (AvgIpc) is 3.79. The third kappa shape index (κ3) is 5.07. The highest BCUT2D eigenvalue weighted by molar-refractivity contribution is 5.99. The van der Waals surface area contributed by atoms with Crippen LogP contribution in [0.5, 0.6) is 5.75 Å². The molecule has 0 radical (unpaired) electrons. The highest BCUT2D eigenvalue weighted by atomic mass is 16.5. The lowest BCUT2D eigenvalue weighted by molar-refractivity contribution is -0.997. The van der Waals surface area contributed by atoms with Crippen LogP contribution < -0.4 is 13.9 Å². The lowest BCUT2D eigenvalue weighted by Crippen LogP contribution is -2.78. The van der Waals surface area contributed by atoms with Crippen molar-refractivity contribution in [3.05, 3.63) is 192 Å². The Morgan fingerprint density at radius 2 is 1.23 bits per heavy atom. The number of aryl methyl sites for hydroxylation is 1. The second-order valence-electron chi connectivity index (χ2n) is 19.2. The summed E-state index contributed by atoms with van der Waals surface area (Å²) in [5.41, 5.74) is 19.0. The highest BCUT2D eigenvalue weighted by Crippen LogP contribution is 2.55. The van der Waals surface area contributed by atoms with Crippen molar-refractivity contribution in [2.24, 2.45) is 0 Å². The number of rotatable bonds is 4. The van der Waals surface area contributed by atoms with Crippen LogP contribution in [0.1, 0.15) is 67.9 Å². The number of aromatic nitrogens is 3.